The van der Waals surface area contributed by atoms with Crippen LogP contribution in [0.15, 0.2) is 23.0 Å². The van der Waals surface area contributed by atoms with E-state index in [9.17, 15) is 4.79 Å². The maximum Gasteiger partial charge on any atom is 0.315 e. The molecule has 0 aliphatic carbocycles. The van der Waals surface area contributed by atoms with E-state index in [1.54, 1.807) is 16.0 Å². The number of hydrogen-bond donors (Lipinski definition) is 2. The van der Waals surface area contributed by atoms with E-state index < -0.39 is 0 Å². The number of nitrogens with one attached hydrogen (secondary N) is 2. The Morgan fingerprint density at radius 1 is 1.48 bits per heavy atom. The number of thiophene rings is 1. The highest BCUT2D eigenvalue weighted by Crippen LogP contribution is 2.11. The minimum Gasteiger partial charge on any atom is -0.381 e. The van der Waals surface area contributed by atoms with Crippen molar-refractivity contribution in [2.45, 2.75) is 25.4 Å². The van der Waals surface area contributed by atoms with Gasteiger partial charge in [0, 0.05) is 24.6 Å². The van der Waals surface area contributed by atoms with Crippen molar-refractivity contribution >= 4 is 17.4 Å². The van der Waals surface area contributed by atoms with Crippen LogP contribution in [0.5, 0.6) is 0 Å². The van der Waals surface area contributed by atoms with Crippen LogP contribution >= 0.6 is 11.3 Å². The Hall–Kier alpha value is -1.93. The van der Waals surface area contributed by atoms with Gasteiger partial charge in [-0.2, -0.15) is 11.3 Å². The van der Waals surface area contributed by atoms with E-state index in [4.69, 9.17) is 4.74 Å². The zero-order valence-electron chi connectivity index (χ0n) is 11.5. The smallest absolute Gasteiger partial charge is 0.315 e. The SMILES string of the molecule is O=C(NCc1cn(-c2ccsc2)nn1)NC1CCOCC1. The van der Waals surface area contributed by atoms with E-state index >= 15 is 0 Å². The third kappa shape index (κ3) is 3.79. The van der Waals surface area contributed by atoms with Crippen LogP contribution in [0, 0.1) is 0 Å². The third-order valence-corrected chi connectivity index (χ3v) is 3.97. The lowest BCUT2D eigenvalue weighted by atomic mass is 10.1. The van der Waals surface area contributed by atoms with Gasteiger partial charge in [0.25, 0.3) is 0 Å². The van der Waals surface area contributed by atoms with Gasteiger partial charge >= 0.3 is 6.03 Å². The number of nitrogens with zero attached hydrogens (tertiary/aromatic N) is 3. The number of hydrogen-bond acceptors (Lipinski definition) is 5. The van der Waals surface area contributed by atoms with Crippen molar-refractivity contribution in [3.63, 3.8) is 0 Å². The molecule has 2 aromatic rings. The molecule has 1 aliphatic heterocycles. The van der Waals surface area contributed by atoms with Crippen molar-refractivity contribution < 1.29 is 9.53 Å². The van der Waals surface area contributed by atoms with Crippen LogP contribution in [0.2, 0.25) is 0 Å². The van der Waals surface area contributed by atoms with E-state index in [0.717, 1.165) is 24.2 Å². The molecule has 21 heavy (non-hydrogen) atoms. The molecule has 1 fully saturated rings. The summed E-state index contributed by atoms with van der Waals surface area (Å²) in [5.74, 6) is 0. The second-order valence-corrected chi connectivity index (χ2v) is 5.63. The predicted octanol–water partition coefficient (Wildman–Crippen LogP) is 1.31. The van der Waals surface area contributed by atoms with Crippen molar-refractivity contribution in [1.82, 2.24) is 25.6 Å². The summed E-state index contributed by atoms with van der Waals surface area (Å²) in [6.45, 7) is 1.78. The third-order valence-electron chi connectivity index (χ3n) is 3.30. The normalized spacial score (nSPS) is 15.8. The topological polar surface area (TPSA) is 81.1 Å². The second-order valence-electron chi connectivity index (χ2n) is 4.85. The van der Waals surface area contributed by atoms with Gasteiger partial charge in [0.1, 0.15) is 5.69 Å². The van der Waals surface area contributed by atoms with Gasteiger partial charge in [-0.05, 0) is 24.3 Å². The minimum atomic E-state index is -0.174. The maximum atomic E-state index is 11.8. The number of aromatic nitrogens is 3. The lowest BCUT2D eigenvalue weighted by molar-refractivity contribution is 0.0800. The minimum absolute atomic E-state index is 0.174. The molecule has 2 aromatic heterocycles. The number of ether oxygens (including phenoxy) is 1. The molecule has 0 atom stereocenters. The zero-order chi connectivity index (χ0) is 14.5. The molecule has 3 rings (SSSR count). The van der Waals surface area contributed by atoms with E-state index in [-0.39, 0.29) is 12.1 Å². The highest BCUT2D eigenvalue weighted by Gasteiger charge is 2.15. The molecule has 0 spiro atoms. The zero-order valence-corrected chi connectivity index (χ0v) is 12.3. The van der Waals surface area contributed by atoms with Gasteiger partial charge in [-0.1, -0.05) is 5.21 Å². The average molecular weight is 307 g/mol. The summed E-state index contributed by atoms with van der Waals surface area (Å²) in [6, 6.07) is 1.99. The Kier molecular flexibility index (Phi) is 4.46. The summed E-state index contributed by atoms with van der Waals surface area (Å²) >= 11 is 1.60. The molecule has 8 heteroatoms. The molecule has 0 saturated carbocycles. The predicted molar refractivity (Wildman–Crippen MR) is 78.4 cm³/mol. The maximum absolute atomic E-state index is 11.8. The lowest BCUT2D eigenvalue weighted by Gasteiger charge is -2.23. The summed E-state index contributed by atoms with van der Waals surface area (Å²) in [5, 5.41) is 17.8. The fraction of sp³-hybridized carbons (Fsp3) is 0.462. The molecule has 0 radical (unpaired) electrons. The molecular weight excluding hydrogens is 290 g/mol. The van der Waals surface area contributed by atoms with Crippen LogP contribution < -0.4 is 10.6 Å². The molecule has 0 aromatic carbocycles. The molecule has 0 bridgehead atoms. The van der Waals surface area contributed by atoms with Crippen molar-refractivity contribution in [3.8, 4) is 5.69 Å². The second kappa shape index (κ2) is 6.68. The molecule has 7 nitrogen and oxygen atoms in total. The van der Waals surface area contributed by atoms with Crippen molar-refractivity contribution in [3.05, 3.63) is 28.7 Å². The number of carbonyl (C=O) groups excluding carboxylic acids is 1. The first-order valence-electron chi connectivity index (χ1n) is 6.87. The van der Waals surface area contributed by atoms with Gasteiger partial charge in [-0.15, -0.1) is 5.10 Å². The van der Waals surface area contributed by atoms with Crippen molar-refractivity contribution in [2.24, 2.45) is 0 Å². The number of rotatable bonds is 4. The Morgan fingerprint density at radius 3 is 3.10 bits per heavy atom. The summed E-state index contributed by atoms with van der Waals surface area (Å²) in [5.41, 5.74) is 1.70. The fourth-order valence-electron chi connectivity index (χ4n) is 2.14. The van der Waals surface area contributed by atoms with E-state index in [2.05, 4.69) is 20.9 Å². The van der Waals surface area contributed by atoms with Crippen molar-refractivity contribution in [1.29, 1.82) is 0 Å². The van der Waals surface area contributed by atoms with Crippen LogP contribution in [0.1, 0.15) is 18.5 Å². The average Bonchev–Trinajstić information content (AvgIpc) is 3.17. The standard InChI is InChI=1S/C13H17N5O2S/c19-13(15-10-1-4-20-5-2-10)14-7-11-8-18(17-16-11)12-3-6-21-9-12/h3,6,8-10H,1-2,4-5,7H2,(H2,14,15,19). The molecule has 112 valence electrons. The van der Waals surface area contributed by atoms with Gasteiger partial charge in [0.15, 0.2) is 0 Å². The number of amides is 2. The Bertz CT molecular complexity index is 577. The van der Waals surface area contributed by atoms with Gasteiger partial charge in [-0.3, -0.25) is 0 Å². The van der Waals surface area contributed by atoms with Gasteiger partial charge < -0.3 is 15.4 Å². The lowest BCUT2D eigenvalue weighted by Crippen LogP contribution is -2.44. The van der Waals surface area contributed by atoms with E-state index in [1.165, 1.54) is 0 Å². The summed E-state index contributed by atoms with van der Waals surface area (Å²) in [4.78, 5) is 11.8. The van der Waals surface area contributed by atoms with Gasteiger partial charge in [0.05, 0.1) is 18.4 Å². The van der Waals surface area contributed by atoms with E-state index in [1.807, 2.05) is 23.0 Å². The van der Waals surface area contributed by atoms with Crippen LogP contribution in [-0.2, 0) is 11.3 Å². The van der Waals surface area contributed by atoms with Crippen LogP contribution in [0.25, 0.3) is 5.69 Å². The highest BCUT2D eigenvalue weighted by atomic mass is 32.1. The first kappa shape index (κ1) is 14.0. The van der Waals surface area contributed by atoms with Crippen LogP contribution in [0.4, 0.5) is 4.79 Å². The summed E-state index contributed by atoms with van der Waals surface area (Å²) in [7, 11) is 0. The molecule has 3 heterocycles. The fourth-order valence-corrected chi connectivity index (χ4v) is 2.76. The van der Waals surface area contributed by atoms with Gasteiger partial charge in [0.2, 0.25) is 0 Å². The number of urea groups is 1. The first-order chi connectivity index (χ1) is 10.3. The Balaban J connectivity index is 1.47. The monoisotopic (exact) mass is 307 g/mol. The van der Waals surface area contributed by atoms with E-state index in [0.29, 0.717) is 19.8 Å². The molecular formula is C13H17N5O2S. The highest BCUT2D eigenvalue weighted by molar-refractivity contribution is 7.08. The molecule has 1 aliphatic rings. The quantitative estimate of drug-likeness (QED) is 0.892. The van der Waals surface area contributed by atoms with Crippen LogP contribution in [0.3, 0.4) is 0 Å². The molecule has 0 unspecified atom stereocenters. The molecule has 2 N–H and O–H groups in total. The first-order valence-corrected chi connectivity index (χ1v) is 7.81. The Morgan fingerprint density at radius 2 is 2.33 bits per heavy atom. The molecule has 2 amide bonds. The van der Waals surface area contributed by atoms with Gasteiger partial charge in [-0.25, -0.2) is 9.48 Å². The molecule has 1 saturated heterocycles. The van der Waals surface area contributed by atoms with Crippen molar-refractivity contribution in [2.75, 3.05) is 13.2 Å². The largest absolute Gasteiger partial charge is 0.381 e. The summed E-state index contributed by atoms with van der Waals surface area (Å²) in [6.07, 6.45) is 3.54. The van der Waals surface area contributed by atoms with Crippen LogP contribution in [-0.4, -0.2) is 40.3 Å². The Labute approximate surface area is 126 Å². The number of carbonyl (C=O) groups is 1. The summed E-state index contributed by atoms with van der Waals surface area (Å²) < 4.78 is 6.96.